The third-order valence-electron chi connectivity index (χ3n) is 3.19. The fraction of sp³-hybridized carbons (Fsp3) is 0.0625. The molecule has 0 aliphatic heterocycles. The van der Waals surface area contributed by atoms with Crippen molar-refractivity contribution in [2.24, 2.45) is 5.10 Å². The maximum atomic E-state index is 11.9. The molecule has 0 saturated carbocycles. The predicted octanol–water partition coefficient (Wildman–Crippen LogP) is 4.26. The summed E-state index contributed by atoms with van der Waals surface area (Å²) in [4.78, 5) is 16.3. The van der Waals surface area contributed by atoms with E-state index in [2.05, 4.69) is 15.5 Å². The summed E-state index contributed by atoms with van der Waals surface area (Å²) in [6, 6.07) is 9.02. The molecule has 0 aliphatic rings. The topological polar surface area (TPSA) is 94.8 Å². The van der Waals surface area contributed by atoms with Crippen molar-refractivity contribution < 1.29 is 15.0 Å². The van der Waals surface area contributed by atoms with E-state index in [4.69, 9.17) is 23.2 Å². The molecule has 6 nitrogen and oxygen atoms in total. The van der Waals surface area contributed by atoms with E-state index in [1.54, 1.807) is 0 Å². The third-order valence-corrected chi connectivity index (χ3v) is 6.02. The van der Waals surface area contributed by atoms with Crippen LogP contribution in [0.25, 0.3) is 10.2 Å². The van der Waals surface area contributed by atoms with Gasteiger partial charge in [0.25, 0.3) is 5.91 Å². The lowest BCUT2D eigenvalue weighted by Gasteiger charge is -2.05. The lowest BCUT2D eigenvalue weighted by molar-refractivity contribution is -0.118. The summed E-state index contributed by atoms with van der Waals surface area (Å²) >= 11 is 14.3. The Morgan fingerprint density at radius 2 is 2.08 bits per heavy atom. The number of phenolic OH excluding ortho intramolecular Hbond substituents is 2. The molecule has 26 heavy (non-hydrogen) atoms. The lowest BCUT2D eigenvalue weighted by Crippen LogP contribution is -2.19. The van der Waals surface area contributed by atoms with Crippen LogP contribution in [0, 0.1) is 0 Å². The van der Waals surface area contributed by atoms with Crippen LogP contribution in [0.4, 0.5) is 0 Å². The zero-order chi connectivity index (χ0) is 18.7. The molecule has 0 radical (unpaired) electrons. The van der Waals surface area contributed by atoms with Crippen LogP contribution >= 0.6 is 46.3 Å². The van der Waals surface area contributed by atoms with E-state index < -0.39 is 5.75 Å². The van der Waals surface area contributed by atoms with Crippen molar-refractivity contribution >= 4 is 68.6 Å². The molecular weight excluding hydrogens is 417 g/mol. The Balaban J connectivity index is 1.58. The highest BCUT2D eigenvalue weighted by molar-refractivity contribution is 8.01. The van der Waals surface area contributed by atoms with E-state index in [-0.39, 0.29) is 33.0 Å². The summed E-state index contributed by atoms with van der Waals surface area (Å²) in [5, 5.41) is 22.8. The minimum Gasteiger partial charge on any atom is -0.506 e. The quantitative estimate of drug-likeness (QED) is 0.321. The van der Waals surface area contributed by atoms with Gasteiger partial charge in [-0.05, 0) is 18.2 Å². The molecular formula is C16H11Cl2N3O3S2. The number of amides is 1. The second-order valence-corrected chi connectivity index (χ2v) is 8.03. The van der Waals surface area contributed by atoms with E-state index in [0.717, 1.165) is 14.6 Å². The highest BCUT2D eigenvalue weighted by Crippen LogP contribution is 2.40. The van der Waals surface area contributed by atoms with Gasteiger partial charge in [-0.3, -0.25) is 4.79 Å². The number of phenols is 2. The van der Waals surface area contributed by atoms with Gasteiger partial charge in [0, 0.05) is 5.56 Å². The number of hydrogen-bond donors (Lipinski definition) is 3. The zero-order valence-electron chi connectivity index (χ0n) is 12.9. The average Bonchev–Trinajstić information content (AvgIpc) is 3.05. The number of benzene rings is 2. The summed E-state index contributed by atoms with van der Waals surface area (Å²) < 4.78 is 1.85. The van der Waals surface area contributed by atoms with Gasteiger partial charge in [0.2, 0.25) is 0 Å². The summed E-state index contributed by atoms with van der Waals surface area (Å²) in [5.41, 5.74) is 3.40. The number of para-hydroxylation sites is 1. The molecule has 10 heteroatoms. The fourth-order valence-corrected chi connectivity index (χ4v) is 4.29. The maximum Gasteiger partial charge on any atom is 0.250 e. The Morgan fingerprint density at radius 1 is 1.31 bits per heavy atom. The number of rotatable bonds is 5. The first-order chi connectivity index (χ1) is 12.5. The Kier molecular flexibility index (Phi) is 5.87. The van der Waals surface area contributed by atoms with Crippen molar-refractivity contribution in [2.45, 2.75) is 4.34 Å². The van der Waals surface area contributed by atoms with Crippen LogP contribution in [0.15, 0.2) is 39.8 Å². The molecule has 0 bridgehead atoms. The van der Waals surface area contributed by atoms with Gasteiger partial charge >= 0.3 is 0 Å². The maximum absolute atomic E-state index is 11.9. The average molecular weight is 428 g/mol. The summed E-state index contributed by atoms with van der Waals surface area (Å²) in [7, 11) is 0. The second-order valence-electron chi connectivity index (χ2n) is 4.99. The fourth-order valence-electron chi connectivity index (χ4n) is 1.96. The van der Waals surface area contributed by atoms with Crippen molar-refractivity contribution in [1.29, 1.82) is 0 Å². The van der Waals surface area contributed by atoms with Crippen molar-refractivity contribution in [1.82, 2.24) is 10.4 Å². The lowest BCUT2D eigenvalue weighted by atomic mass is 10.2. The molecule has 0 aliphatic carbocycles. The van der Waals surface area contributed by atoms with Gasteiger partial charge in [0.05, 0.1) is 27.2 Å². The van der Waals surface area contributed by atoms with Gasteiger partial charge in [-0.2, -0.15) is 5.10 Å². The van der Waals surface area contributed by atoms with E-state index in [1.165, 1.54) is 35.4 Å². The van der Waals surface area contributed by atoms with Crippen molar-refractivity contribution in [2.75, 3.05) is 5.75 Å². The number of aromatic nitrogens is 1. The number of aromatic hydroxyl groups is 2. The van der Waals surface area contributed by atoms with Crippen LogP contribution in [-0.2, 0) is 4.79 Å². The van der Waals surface area contributed by atoms with Gasteiger partial charge in [0.15, 0.2) is 10.1 Å². The molecule has 0 spiro atoms. The molecule has 2 aromatic carbocycles. The monoisotopic (exact) mass is 427 g/mol. The van der Waals surface area contributed by atoms with Crippen LogP contribution in [0.1, 0.15) is 5.56 Å². The number of nitrogens with one attached hydrogen (secondary N) is 1. The Morgan fingerprint density at radius 3 is 2.85 bits per heavy atom. The van der Waals surface area contributed by atoms with Crippen molar-refractivity contribution in [3.05, 3.63) is 45.9 Å². The summed E-state index contributed by atoms with van der Waals surface area (Å²) in [5.74, 6) is -0.990. The van der Waals surface area contributed by atoms with E-state index in [0.29, 0.717) is 0 Å². The molecule has 1 heterocycles. The van der Waals surface area contributed by atoms with Crippen molar-refractivity contribution in [3.63, 3.8) is 0 Å². The van der Waals surface area contributed by atoms with Gasteiger partial charge < -0.3 is 10.2 Å². The third kappa shape index (κ3) is 4.21. The largest absolute Gasteiger partial charge is 0.506 e. The number of fused-ring (bicyclic) bond motifs is 1. The number of carbonyl (C=O) groups is 1. The minimum atomic E-state index is -0.417. The number of carbonyl (C=O) groups excluding carboxylic acids is 1. The van der Waals surface area contributed by atoms with Gasteiger partial charge in [-0.25, -0.2) is 10.4 Å². The van der Waals surface area contributed by atoms with Crippen LogP contribution in [0.3, 0.4) is 0 Å². The number of thioether (sulfide) groups is 1. The molecule has 0 saturated heterocycles. The minimum absolute atomic E-state index is 0.0352. The molecule has 0 atom stereocenters. The smallest absolute Gasteiger partial charge is 0.250 e. The molecule has 134 valence electrons. The van der Waals surface area contributed by atoms with E-state index >= 15 is 0 Å². The van der Waals surface area contributed by atoms with Crippen molar-refractivity contribution in [3.8, 4) is 11.5 Å². The standard InChI is InChI=1S/C16H11Cl2N3O3S2/c17-9-5-8(14(23)13(18)15(9)24)6-19-21-12(22)7-25-16-20-10-3-1-2-4-11(10)26-16/h1-6,23-24H,7H2,(H,21,22)/b19-6-. The number of nitrogens with zero attached hydrogens (tertiary/aromatic N) is 2. The Bertz CT molecular complexity index is 975. The molecule has 0 fully saturated rings. The van der Waals surface area contributed by atoms with Gasteiger partial charge in [-0.15, -0.1) is 11.3 Å². The molecule has 3 N–H and O–H groups in total. The molecule has 1 amide bonds. The second kappa shape index (κ2) is 8.13. The zero-order valence-corrected chi connectivity index (χ0v) is 16.1. The van der Waals surface area contributed by atoms with Crippen LogP contribution in [0.5, 0.6) is 11.5 Å². The van der Waals surface area contributed by atoms with Crippen LogP contribution in [-0.4, -0.2) is 33.1 Å². The molecule has 3 rings (SSSR count). The molecule has 3 aromatic rings. The SMILES string of the molecule is O=C(CSc1nc2ccccc2s1)N/N=C\c1cc(Cl)c(O)c(Cl)c1O. The normalized spacial score (nSPS) is 11.3. The highest BCUT2D eigenvalue weighted by Gasteiger charge is 2.13. The number of hydrazone groups is 1. The van der Waals surface area contributed by atoms with E-state index in [9.17, 15) is 15.0 Å². The number of thiazole rings is 1. The molecule has 0 unspecified atom stereocenters. The Hall–Kier alpha value is -2.00. The highest BCUT2D eigenvalue weighted by atomic mass is 35.5. The first kappa shape index (κ1) is 18.8. The molecule has 1 aromatic heterocycles. The van der Waals surface area contributed by atoms with Gasteiger partial charge in [-0.1, -0.05) is 47.1 Å². The van der Waals surface area contributed by atoms with E-state index in [1.807, 2.05) is 24.3 Å². The first-order valence-corrected chi connectivity index (χ1v) is 9.71. The predicted molar refractivity (Wildman–Crippen MR) is 106 cm³/mol. The summed E-state index contributed by atoms with van der Waals surface area (Å²) in [6.07, 6.45) is 1.19. The number of halogens is 2. The van der Waals surface area contributed by atoms with Crippen LogP contribution < -0.4 is 5.43 Å². The first-order valence-electron chi connectivity index (χ1n) is 7.16. The number of hydrogen-bond acceptors (Lipinski definition) is 7. The van der Waals surface area contributed by atoms with Gasteiger partial charge in [0.1, 0.15) is 10.8 Å². The Labute approximate surface area is 166 Å². The van der Waals surface area contributed by atoms with Crippen LogP contribution in [0.2, 0.25) is 10.0 Å². The summed E-state index contributed by atoms with van der Waals surface area (Å²) in [6.45, 7) is 0.